The molecule has 0 aromatic carbocycles. The number of amides is 1. The summed E-state index contributed by atoms with van der Waals surface area (Å²) in [6.45, 7) is 0. The fourth-order valence-corrected chi connectivity index (χ4v) is 1.64. The second-order valence-corrected chi connectivity index (χ2v) is 3.74. The van der Waals surface area contributed by atoms with Gasteiger partial charge in [0.05, 0.1) is 0 Å². The van der Waals surface area contributed by atoms with Gasteiger partial charge in [0.2, 0.25) is 11.9 Å². The Balaban J connectivity index is 1.97. The van der Waals surface area contributed by atoms with Crippen LogP contribution in [-0.4, -0.2) is 20.7 Å². The Kier molecular flexibility index (Phi) is 2.80. The fraction of sp³-hybridized carbons (Fsp3) is 0.500. The fourth-order valence-electron chi connectivity index (χ4n) is 1.64. The van der Waals surface area contributed by atoms with Crippen LogP contribution in [0.5, 0.6) is 0 Å². The summed E-state index contributed by atoms with van der Waals surface area (Å²) in [5.74, 6) is 0.622. The molecule has 1 heterocycles. The van der Waals surface area contributed by atoms with Crippen LogP contribution in [0.4, 0.5) is 5.95 Å². The van der Waals surface area contributed by atoms with E-state index in [-0.39, 0.29) is 11.8 Å². The van der Waals surface area contributed by atoms with Gasteiger partial charge in [-0.05, 0) is 19.3 Å². The van der Waals surface area contributed by atoms with Gasteiger partial charge < -0.3 is 4.57 Å². The van der Waals surface area contributed by atoms with Gasteiger partial charge in [-0.3, -0.25) is 10.1 Å². The van der Waals surface area contributed by atoms with Gasteiger partial charge in [0.1, 0.15) is 6.33 Å². The molecule has 1 aromatic heterocycles. The Hall–Kier alpha value is -1.65. The van der Waals surface area contributed by atoms with Gasteiger partial charge in [-0.25, -0.2) is 0 Å². The first-order valence-corrected chi connectivity index (χ1v) is 5.07. The van der Waals surface area contributed by atoms with Gasteiger partial charge in [0, 0.05) is 13.0 Å². The molecule has 0 unspecified atom stereocenters. The van der Waals surface area contributed by atoms with Crippen LogP contribution in [0.2, 0.25) is 0 Å². The van der Waals surface area contributed by atoms with Crippen LogP contribution in [0.1, 0.15) is 19.3 Å². The first-order valence-electron chi connectivity index (χ1n) is 5.07. The molecule has 15 heavy (non-hydrogen) atoms. The molecule has 0 aliphatic heterocycles. The van der Waals surface area contributed by atoms with Crippen LogP contribution < -0.4 is 5.32 Å². The molecule has 1 N–H and O–H groups in total. The summed E-state index contributed by atoms with van der Waals surface area (Å²) in [4.78, 5) is 11.8. The number of rotatable bonds is 2. The van der Waals surface area contributed by atoms with E-state index in [0.717, 1.165) is 19.3 Å². The lowest BCUT2D eigenvalue weighted by atomic mass is 9.94. The van der Waals surface area contributed by atoms with Crippen molar-refractivity contribution in [1.82, 2.24) is 14.8 Å². The van der Waals surface area contributed by atoms with E-state index in [0.29, 0.717) is 5.95 Å². The van der Waals surface area contributed by atoms with Crippen molar-refractivity contribution < 1.29 is 4.79 Å². The second-order valence-electron chi connectivity index (χ2n) is 3.74. The summed E-state index contributed by atoms with van der Waals surface area (Å²) in [5, 5.41) is 10.3. The van der Waals surface area contributed by atoms with Crippen LogP contribution in [0.15, 0.2) is 18.5 Å². The van der Waals surface area contributed by atoms with E-state index in [1.807, 2.05) is 0 Å². The molecule has 80 valence electrons. The minimum atomic E-state index is 0.0375. The lowest BCUT2D eigenvalue weighted by Crippen LogP contribution is -2.24. The lowest BCUT2D eigenvalue weighted by Gasteiger charge is -2.16. The van der Waals surface area contributed by atoms with Crippen molar-refractivity contribution in [1.29, 1.82) is 0 Å². The first kappa shape index (κ1) is 9.89. The molecule has 0 saturated carbocycles. The van der Waals surface area contributed by atoms with Crippen molar-refractivity contribution in [3.8, 4) is 0 Å². The second kappa shape index (κ2) is 4.25. The molecule has 0 radical (unpaired) electrons. The third-order valence-electron chi connectivity index (χ3n) is 2.59. The molecule has 0 fully saturated rings. The molecule has 5 nitrogen and oxygen atoms in total. The van der Waals surface area contributed by atoms with E-state index in [1.54, 1.807) is 17.9 Å². The normalized spacial score (nSPS) is 20.2. The Morgan fingerprint density at radius 2 is 2.47 bits per heavy atom. The Morgan fingerprint density at radius 1 is 1.60 bits per heavy atom. The number of hydrogen-bond donors (Lipinski definition) is 1. The average molecular weight is 206 g/mol. The Bertz CT molecular complexity index is 383. The Morgan fingerprint density at radius 3 is 3.07 bits per heavy atom. The van der Waals surface area contributed by atoms with Crippen molar-refractivity contribution >= 4 is 11.9 Å². The Labute approximate surface area is 88.2 Å². The standard InChI is InChI=1S/C10H14N4O/c1-14-7-11-13-10(14)12-9(15)8-5-3-2-4-6-8/h2-3,7-8H,4-6H2,1H3,(H,12,13,15)/t8-/m0/s1. The van der Waals surface area contributed by atoms with Gasteiger partial charge in [-0.2, -0.15) is 0 Å². The molecular weight excluding hydrogens is 192 g/mol. The quantitative estimate of drug-likeness (QED) is 0.737. The minimum Gasteiger partial charge on any atom is -0.303 e. The number of carbonyl (C=O) groups excluding carboxylic acids is 1. The van der Waals surface area contributed by atoms with E-state index in [9.17, 15) is 4.79 Å². The van der Waals surface area contributed by atoms with Crippen LogP contribution >= 0.6 is 0 Å². The number of hydrogen-bond acceptors (Lipinski definition) is 3. The zero-order valence-electron chi connectivity index (χ0n) is 8.68. The highest BCUT2D eigenvalue weighted by Crippen LogP contribution is 2.19. The number of aromatic nitrogens is 3. The molecular formula is C10H14N4O. The van der Waals surface area contributed by atoms with Crippen molar-refractivity contribution in [2.45, 2.75) is 19.3 Å². The summed E-state index contributed by atoms with van der Waals surface area (Å²) in [5.41, 5.74) is 0. The third-order valence-corrected chi connectivity index (χ3v) is 2.59. The van der Waals surface area contributed by atoms with Gasteiger partial charge in [0.15, 0.2) is 0 Å². The van der Waals surface area contributed by atoms with Gasteiger partial charge in [-0.1, -0.05) is 12.2 Å². The van der Waals surface area contributed by atoms with Crippen molar-refractivity contribution in [2.75, 3.05) is 5.32 Å². The maximum Gasteiger partial charge on any atom is 0.230 e. The van der Waals surface area contributed by atoms with Crippen molar-refractivity contribution in [3.05, 3.63) is 18.5 Å². The number of anilines is 1. The summed E-state index contributed by atoms with van der Waals surface area (Å²) in [7, 11) is 1.80. The maximum atomic E-state index is 11.8. The highest BCUT2D eigenvalue weighted by Gasteiger charge is 2.19. The summed E-state index contributed by atoms with van der Waals surface area (Å²) >= 11 is 0. The number of nitrogens with one attached hydrogen (secondary N) is 1. The van der Waals surface area contributed by atoms with E-state index < -0.39 is 0 Å². The van der Waals surface area contributed by atoms with E-state index in [1.165, 1.54) is 0 Å². The molecule has 0 spiro atoms. The predicted molar refractivity (Wildman–Crippen MR) is 56.1 cm³/mol. The van der Waals surface area contributed by atoms with E-state index in [2.05, 4.69) is 27.7 Å². The number of nitrogens with zero attached hydrogens (tertiary/aromatic N) is 3. The summed E-state index contributed by atoms with van der Waals surface area (Å²) < 4.78 is 1.69. The smallest absolute Gasteiger partial charge is 0.230 e. The van der Waals surface area contributed by atoms with E-state index >= 15 is 0 Å². The van der Waals surface area contributed by atoms with Gasteiger partial charge in [-0.15, -0.1) is 10.2 Å². The van der Waals surface area contributed by atoms with Gasteiger partial charge in [0.25, 0.3) is 0 Å². The molecule has 2 rings (SSSR count). The third kappa shape index (κ3) is 2.23. The number of carbonyl (C=O) groups is 1. The molecule has 0 saturated heterocycles. The number of allylic oxidation sites excluding steroid dienone is 2. The van der Waals surface area contributed by atoms with Crippen LogP contribution in [0, 0.1) is 5.92 Å². The molecule has 5 heteroatoms. The molecule has 1 atom stereocenters. The minimum absolute atomic E-state index is 0.0375. The van der Waals surface area contributed by atoms with Crippen LogP contribution in [0.25, 0.3) is 0 Å². The zero-order chi connectivity index (χ0) is 10.7. The maximum absolute atomic E-state index is 11.8. The largest absolute Gasteiger partial charge is 0.303 e. The van der Waals surface area contributed by atoms with E-state index in [4.69, 9.17) is 0 Å². The molecule has 0 bridgehead atoms. The van der Waals surface area contributed by atoms with Crippen LogP contribution in [-0.2, 0) is 11.8 Å². The molecule has 1 aromatic rings. The SMILES string of the molecule is Cn1cnnc1NC(=O)[C@H]1CC=CCC1. The number of aryl methyl sites for hydroxylation is 1. The summed E-state index contributed by atoms with van der Waals surface area (Å²) in [6.07, 6.45) is 8.47. The summed E-state index contributed by atoms with van der Waals surface area (Å²) in [6, 6.07) is 0. The monoisotopic (exact) mass is 206 g/mol. The molecule has 1 aliphatic carbocycles. The highest BCUT2D eigenvalue weighted by molar-refractivity contribution is 5.91. The van der Waals surface area contributed by atoms with Crippen LogP contribution in [0.3, 0.4) is 0 Å². The van der Waals surface area contributed by atoms with Gasteiger partial charge >= 0.3 is 0 Å². The topological polar surface area (TPSA) is 59.8 Å². The zero-order valence-corrected chi connectivity index (χ0v) is 8.68. The van der Waals surface area contributed by atoms with Crippen molar-refractivity contribution in [3.63, 3.8) is 0 Å². The van der Waals surface area contributed by atoms with Crippen molar-refractivity contribution in [2.24, 2.45) is 13.0 Å². The lowest BCUT2D eigenvalue weighted by molar-refractivity contribution is -0.120. The molecule has 1 aliphatic rings. The highest BCUT2D eigenvalue weighted by atomic mass is 16.2. The first-order chi connectivity index (χ1) is 7.27. The average Bonchev–Trinajstić information content (AvgIpc) is 2.66. The molecule has 1 amide bonds. The predicted octanol–water partition coefficient (Wildman–Crippen LogP) is 1.11.